The smallest absolute Gasteiger partial charge is 0.354 e. The maximum atomic E-state index is 12.4. The van der Waals surface area contributed by atoms with E-state index in [1.807, 2.05) is 0 Å². The number of halogens is 3. The summed E-state index contributed by atoms with van der Waals surface area (Å²) in [6.45, 7) is 3.15. The van der Waals surface area contributed by atoms with Crippen LogP contribution in [0.25, 0.3) is 0 Å². The van der Waals surface area contributed by atoms with Gasteiger partial charge in [-0.3, -0.25) is 9.59 Å². The van der Waals surface area contributed by atoms with Crippen molar-refractivity contribution in [3.05, 3.63) is 35.4 Å². The number of carbonyl (C=O) groups is 2. The van der Waals surface area contributed by atoms with E-state index < -0.39 is 17.8 Å². The Balaban J connectivity index is 2.42. The number of hydrogen-bond donors (Lipinski definition) is 2. The SMILES string of the molecule is CC(=O)NC(C)C(=O)NCCc1ccc(C(F)(F)F)cc1. The van der Waals surface area contributed by atoms with Crippen LogP contribution in [-0.2, 0) is 22.2 Å². The molecule has 1 aromatic rings. The van der Waals surface area contributed by atoms with Crippen molar-refractivity contribution >= 4 is 11.8 Å². The van der Waals surface area contributed by atoms with Gasteiger partial charge in [0.25, 0.3) is 0 Å². The molecule has 2 amide bonds. The predicted molar refractivity (Wildman–Crippen MR) is 71.4 cm³/mol. The number of benzene rings is 1. The van der Waals surface area contributed by atoms with E-state index in [0.29, 0.717) is 12.0 Å². The van der Waals surface area contributed by atoms with Gasteiger partial charge < -0.3 is 10.6 Å². The van der Waals surface area contributed by atoms with E-state index in [1.165, 1.54) is 19.1 Å². The van der Waals surface area contributed by atoms with Crippen molar-refractivity contribution in [2.75, 3.05) is 6.54 Å². The van der Waals surface area contributed by atoms with Crippen LogP contribution in [0.15, 0.2) is 24.3 Å². The second-order valence-electron chi connectivity index (χ2n) is 4.66. The molecule has 0 saturated heterocycles. The maximum absolute atomic E-state index is 12.4. The van der Waals surface area contributed by atoms with Crippen molar-refractivity contribution in [2.45, 2.75) is 32.5 Å². The monoisotopic (exact) mass is 302 g/mol. The zero-order chi connectivity index (χ0) is 16.0. The van der Waals surface area contributed by atoms with Crippen molar-refractivity contribution in [2.24, 2.45) is 0 Å². The van der Waals surface area contributed by atoms with Crippen molar-refractivity contribution in [1.29, 1.82) is 0 Å². The van der Waals surface area contributed by atoms with E-state index in [9.17, 15) is 22.8 Å². The van der Waals surface area contributed by atoms with Crippen LogP contribution < -0.4 is 10.6 Å². The Morgan fingerprint density at radius 2 is 1.76 bits per heavy atom. The first-order valence-corrected chi connectivity index (χ1v) is 6.41. The molecule has 0 fully saturated rings. The lowest BCUT2D eigenvalue weighted by Gasteiger charge is -2.13. The summed E-state index contributed by atoms with van der Waals surface area (Å²) in [5.74, 6) is -0.641. The zero-order valence-corrected chi connectivity index (χ0v) is 11.8. The second-order valence-corrected chi connectivity index (χ2v) is 4.66. The summed E-state index contributed by atoms with van der Waals surface area (Å²) < 4.78 is 37.1. The molecule has 1 aromatic carbocycles. The van der Waals surface area contributed by atoms with Gasteiger partial charge in [0, 0.05) is 13.5 Å². The molecule has 0 aliphatic heterocycles. The molecule has 7 heteroatoms. The number of alkyl halides is 3. The van der Waals surface area contributed by atoms with Crippen LogP contribution in [0.2, 0.25) is 0 Å². The molecular formula is C14H17F3N2O2. The standard InChI is InChI=1S/C14H17F3N2O2/c1-9(19-10(2)20)13(21)18-8-7-11-3-5-12(6-4-11)14(15,16)17/h3-6,9H,7-8H2,1-2H3,(H,18,21)(H,19,20). The first-order chi connectivity index (χ1) is 9.70. The molecule has 1 unspecified atom stereocenters. The molecule has 0 bridgehead atoms. The molecule has 4 nitrogen and oxygen atoms in total. The lowest BCUT2D eigenvalue weighted by Crippen LogP contribution is -2.44. The van der Waals surface area contributed by atoms with Gasteiger partial charge in [0.15, 0.2) is 0 Å². The van der Waals surface area contributed by atoms with Crippen LogP contribution in [-0.4, -0.2) is 24.4 Å². The van der Waals surface area contributed by atoms with Crippen LogP contribution in [0.5, 0.6) is 0 Å². The van der Waals surface area contributed by atoms with Gasteiger partial charge in [0.2, 0.25) is 11.8 Å². The van der Waals surface area contributed by atoms with Gasteiger partial charge >= 0.3 is 6.18 Å². The van der Waals surface area contributed by atoms with E-state index in [1.54, 1.807) is 6.92 Å². The molecule has 0 saturated carbocycles. The molecule has 1 rings (SSSR count). The Kier molecular flexibility index (Phi) is 5.75. The highest BCUT2D eigenvalue weighted by Gasteiger charge is 2.29. The van der Waals surface area contributed by atoms with Gasteiger partial charge in [0.1, 0.15) is 6.04 Å². The van der Waals surface area contributed by atoms with Gasteiger partial charge in [-0.2, -0.15) is 13.2 Å². The van der Waals surface area contributed by atoms with Gasteiger partial charge in [-0.05, 0) is 31.0 Å². The molecule has 0 aromatic heterocycles. The van der Waals surface area contributed by atoms with Gasteiger partial charge in [-0.25, -0.2) is 0 Å². The Bertz CT molecular complexity index is 498. The Labute approximate surface area is 120 Å². The van der Waals surface area contributed by atoms with Crippen LogP contribution in [0.1, 0.15) is 25.0 Å². The summed E-state index contributed by atoms with van der Waals surface area (Å²) in [7, 11) is 0. The minimum Gasteiger partial charge on any atom is -0.354 e. The zero-order valence-electron chi connectivity index (χ0n) is 11.8. The highest BCUT2D eigenvalue weighted by molar-refractivity contribution is 5.86. The van der Waals surface area contributed by atoms with Crippen molar-refractivity contribution < 1.29 is 22.8 Å². The van der Waals surface area contributed by atoms with Crippen LogP contribution >= 0.6 is 0 Å². The predicted octanol–water partition coefficient (Wildman–Crippen LogP) is 1.89. The summed E-state index contributed by atoms with van der Waals surface area (Å²) >= 11 is 0. The van der Waals surface area contributed by atoms with Crippen molar-refractivity contribution in [3.63, 3.8) is 0 Å². The number of nitrogens with one attached hydrogen (secondary N) is 2. The summed E-state index contributed by atoms with van der Waals surface area (Å²) in [5, 5.41) is 5.04. The van der Waals surface area contributed by atoms with E-state index in [4.69, 9.17) is 0 Å². The van der Waals surface area contributed by atoms with Crippen LogP contribution in [0.4, 0.5) is 13.2 Å². The van der Waals surface area contributed by atoms with E-state index >= 15 is 0 Å². The third kappa shape index (κ3) is 5.85. The second kappa shape index (κ2) is 7.10. The van der Waals surface area contributed by atoms with Crippen molar-refractivity contribution in [3.8, 4) is 0 Å². The molecular weight excluding hydrogens is 285 g/mol. The van der Waals surface area contributed by atoms with Crippen molar-refractivity contribution in [1.82, 2.24) is 10.6 Å². The highest BCUT2D eigenvalue weighted by Crippen LogP contribution is 2.29. The minimum atomic E-state index is -4.35. The number of hydrogen-bond acceptors (Lipinski definition) is 2. The molecule has 0 aliphatic rings. The molecule has 1 atom stereocenters. The summed E-state index contributed by atoms with van der Waals surface area (Å²) in [4.78, 5) is 22.4. The minimum absolute atomic E-state index is 0.286. The van der Waals surface area contributed by atoms with Gasteiger partial charge in [-0.1, -0.05) is 12.1 Å². The average molecular weight is 302 g/mol. The highest BCUT2D eigenvalue weighted by atomic mass is 19.4. The molecule has 0 spiro atoms. The van der Waals surface area contributed by atoms with E-state index in [0.717, 1.165) is 12.1 Å². The number of amides is 2. The Morgan fingerprint density at radius 3 is 2.24 bits per heavy atom. The Hall–Kier alpha value is -2.05. The molecule has 2 N–H and O–H groups in total. The maximum Gasteiger partial charge on any atom is 0.416 e. The first-order valence-electron chi connectivity index (χ1n) is 6.41. The van der Waals surface area contributed by atoms with Crippen LogP contribution in [0, 0.1) is 0 Å². The summed E-state index contributed by atoms with van der Waals surface area (Å²) in [6, 6.07) is 4.14. The fourth-order valence-corrected chi connectivity index (χ4v) is 1.71. The largest absolute Gasteiger partial charge is 0.416 e. The average Bonchev–Trinajstić information content (AvgIpc) is 2.37. The Morgan fingerprint density at radius 1 is 1.19 bits per heavy atom. The lowest BCUT2D eigenvalue weighted by molar-refractivity contribution is -0.137. The fourth-order valence-electron chi connectivity index (χ4n) is 1.71. The topological polar surface area (TPSA) is 58.2 Å². The molecule has 116 valence electrons. The fraction of sp³-hybridized carbons (Fsp3) is 0.429. The first kappa shape index (κ1) is 17.0. The third-order valence-corrected chi connectivity index (χ3v) is 2.81. The molecule has 0 radical (unpaired) electrons. The quantitative estimate of drug-likeness (QED) is 0.872. The summed E-state index contributed by atoms with van der Waals surface area (Å²) in [5.41, 5.74) is -0.00922. The number of rotatable bonds is 5. The normalized spacial score (nSPS) is 12.6. The molecule has 0 heterocycles. The van der Waals surface area contributed by atoms with Gasteiger partial charge in [0.05, 0.1) is 5.56 Å². The third-order valence-electron chi connectivity index (χ3n) is 2.81. The summed E-state index contributed by atoms with van der Waals surface area (Å²) in [6.07, 6.45) is -3.93. The molecule has 21 heavy (non-hydrogen) atoms. The number of carbonyl (C=O) groups excluding carboxylic acids is 2. The van der Waals surface area contributed by atoms with E-state index in [-0.39, 0.29) is 18.4 Å². The molecule has 0 aliphatic carbocycles. The van der Waals surface area contributed by atoms with Gasteiger partial charge in [-0.15, -0.1) is 0 Å². The van der Waals surface area contributed by atoms with E-state index in [2.05, 4.69) is 10.6 Å². The lowest BCUT2D eigenvalue weighted by atomic mass is 10.1. The van der Waals surface area contributed by atoms with Crippen LogP contribution in [0.3, 0.4) is 0 Å².